The van der Waals surface area contributed by atoms with Crippen LogP contribution in [0.1, 0.15) is 41.5 Å². The molecule has 0 radical (unpaired) electrons. The molecule has 90 valence electrons. The molecule has 0 aliphatic carbocycles. The van der Waals surface area contributed by atoms with Gasteiger partial charge in [0.15, 0.2) is 0 Å². The van der Waals surface area contributed by atoms with E-state index in [9.17, 15) is 9.90 Å². The first kappa shape index (κ1) is 14.4. The maximum absolute atomic E-state index is 11.2. The van der Waals surface area contributed by atoms with Gasteiger partial charge in [0.1, 0.15) is 6.04 Å². The first-order valence-corrected chi connectivity index (χ1v) is 5.75. The average molecular weight is 215 g/mol. The highest BCUT2D eigenvalue weighted by Crippen LogP contribution is 2.16. The second-order valence-corrected chi connectivity index (χ2v) is 5.21. The van der Waals surface area contributed by atoms with Crippen molar-refractivity contribution in [1.29, 1.82) is 0 Å². The molecule has 0 fully saturated rings. The summed E-state index contributed by atoms with van der Waals surface area (Å²) in [6, 6.07) is -0.0942. The van der Waals surface area contributed by atoms with Crippen LogP contribution in [0.3, 0.4) is 0 Å². The molecule has 3 heteroatoms. The summed E-state index contributed by atoms with van der Waals surface area (Å²) in [5.41, 5.74) is 0. The van der Waals surface area contributed by atoms with Crippen LogP contribution < -0.4 is 0 Å². The van der Waals surface area contributed by atoms with Crippen LogP contribution in [-0.4, -0.2) is 34.6 Å². The zero-order valence-electron chi connectivity index (χ0n) is 10.8. The first-order valence-electron chi connectivity index (χ1n) is 5.75. The fourth-order valence-corrected chi connectivity index (χ4v) is 1.88. The van der Waals surface area contributed by atoms with E-state index in [1.54, 1.807) is 0 Å². The molecule has 0 aromatic rings. The third-order valence-electron chi connectivity index (χ3n) is 2.48. The summed E-state index contributed by atoms with van der Waals surface area (Å²) in [6.45, 7) is 13.1. The topological polar surface area (TPSA) is 40.5 Å². The van der Waals surface area contributed by atoms with Gasteiger partial charge in [-0.2, -0.15) is 0 Å². The predicted molar refractivity (Wildman–Crippen MR) is 62.9 cm³/mol. The summed E-state index contributed by atoms with van der Waals surface area (Å²) < 4.78 is 0. The number of hydrogen-bond donors (Lipinski definition) is 1. The van der Waals surface area contributed by atoms with Crippen molar-refractivity contribution in [3.63, 3.8) is 0 Å². The summed E-state index contributed by atoms with van der Waals surface area (Å²) in [7, 11) is 0. The molecule has 0 amide bonds. The van der Waals surface area contributed by atoms with Crippen molar-refractivity contribution in [2.24, 2.45) is 11.8 Å². The Bertz CT molecular complexity index is 200. The van der Waals surface area contributed by atoms with Gasteiger partial charge in [-0.1, -0.05) is 27.7 Å². The lowest BCUT2D eigenvalue weighted by Crippen LogP contribution is -2.49. The number of hydrogen-bond acceptors (Lipinski definition) is 2. The molecule has 0 heterocycles. The van der Waals surface area contributed by atoms with E-state index in [0.29, 0.717) is 5.92 Å². The number of aliphatic carboxylic acids is 1. The molecule has 0 rings (SSSR count). The van der Waals surface area contributed by atoms with Crippen molar-refractivity contribution in [2.45, 2.75) is 53.6 Å². The molecule has 0 saturated carbocycles. The summed E-state index contributed by atoms with van der Waals surface area (Å²) in [5, 5.41) is 9.23. The van der Waals surface area contributed by atoms with E-state index >= 15 is 0 Å². The lowest BCUT2D eigenvalue weighted by atomic mass is 9.99. The number of nitrogens with zero attached hydrogens (tertiary/aromatic N) is 1. The van der Waals surface area contributed by atoms with Crippen LogP contribution in [0.25, 0.3) is 0 Å². The molecule has 0 bridgehead atoms. The minimum Gasteiger partial charge on any atom is -0.480 e. The van der Waals surface area contributed by atoms with Gasteiger partial charge in [-0.3, -0.25) is 9.69 Å². The van der Waals surface area contributed by atoms with Crippen molar-refractivity contribution < 1.29 is 9.90 Å². The molecular weight excluding hydrogens is 190 g/mol. The van der Waals surface area contributed by atoms with Crippen LogP contribution in [0.15, 0.2) is 0 Å². The number of carboxylic acids is 1. The highest BCUT2D eigenvalue weighted by atomic mass is 16.4. The highest BCUT2D eigenvalue weighted by Gasteiger charge is 2.30. The van der Waals surface area contributed by atoms with Crippen LogP contribution in [0, 0.1) is 11.8 Å². The van der Waals surface area contributed by atoms with Gasteiger partial charge in [-0.05, 0) is 25.7 Å². The number of carbonyl (C=O) groups is 1. The van der Waals surface area contributed by atoms with E-state index in [0.717, 1.165) is 6.54 Å². The molecule has 1 unspecified atom stereocenters. The maximum Gasteiger partial charge on any atom is 0.321 e. The largest absolute Gasteiger partial charge is 0.480 e. The van der Waals surface area contributed by atoms with Gasteiger partial charge in [0.05, 0.1) is 0 Å². The van der Waals surface area contributed by atoms with Crippen molar-refractivity contribution >= 4 is 5.97 Å². The molecule has 1 atom stereocenters. The molecule has 0 aromatic carbocycles. The zero-order valence-corrected chi connectivity index (χ0v) is 10.8. The monoisotopic (exact) mass is 215 g/mol. The van der Waals surface area contributed by atoms with E-state index < -0.39 is 5.97 Å². The molecule has 0 aliphatic heterocycles. The minimum atomic E-state index is -0.709. The summed E-state index contributed by atoms with van der Waals surface area (Å²) in [4.78, 5) is 13.3. The Balaban J connectivity index is 4.76. The van der Waals surface area contributed by atoms with Crippen molar-refractivity contribution in [1.82, 2.24) is 4.90 Å². The van der Waals surface area contributed by atoms with Crippen molar-refractivity contribution in [3.8, 4) is 0 Å². The van der Waals surface area contributed by atoms with E-state index in [1.807, 2.05) is 13.8 Å². The Hall–Kier alpha value is -0.570. The number of rotatable bonds is 6. The van der Waals surface area contributed by atoms with Gasteiger partial charge in [-0.15, -0.1) is 0 Å². The molecule has 0 aliphatic rings. The number of carboxylic acid groups (broad SMARTS) is 1. The Morgan fingerprint density at radius 3 is 1.80 bits per heavy atom. The lowest BCUT2D eigenvalue weighted by Gasteiger charge is -2.35. The Morgan fingerprint density at radius 2 is 1.60 bits per heavy atom. The standard InChI is InChI=1S/C12H25NO2/c1-8(2)7-13(10(5)6)11(9(3)4)12(14)15/h8-11H,7H2,1-6H3,(H,14,15). The zero-order chi connectivity index (χ0) is 12.2. The van der Waals surface area contributed by atoms with Gasteiger partial charge >= 0.3 is 5.97 Å². The molecular formula is C12H25NO2. The average Bonchev–Trinajstić information content (AvgIpc) is 2.00. The maximum atomic E-state index is 11.2. The smallest absolute Gasteiger partial charge is 0.321 e. The SMILES string of the molecule is CC(C)CN(C(C)C)C(C(=O)O)C(C)C. The van der Waals surface area contributed by atoms with Gasteiger partial charge in [-0.25, -0.2) is 0 Å². The molecule has 1 N–H and O–H groups in total. The molecule has 0 aromatic heterocycles. The van der Waals surface area contributed by atoms with Crippen LogP contribution in [-0.2, 0) is 4.79 Å². The van der Waals surface area contributed by atoms with E-state index in [1.165, 1.54) is 0 Å². The third kappa shape index (κ3) is 4.65. The van der Waals surface area contributed by atoms with Crippen LogP contribution in [0.4, 0.5) is 0 Å². The van der Waals surface area contributed by atoms with Gasteiger partial charge in [0.25, 0.3) is 0 Å². The summed E-state index contributed by atoms with van der Waals surface area (Å²) in [6.07, 6.45) is 0. The summed E-state index contributed by atoms with van der Waals surface area (Å²) >= 11 is 0. The van der Waals surface area contributed by atoms with E-state index in [2.05, 4.69) is 32.6 Å². The lowest BCUT2D eigenvalue weighted by molar-refractivity contribution is -0.146. The van der Waals surface area contributed by atoms with Crippen molar-refractivity contribution in [2.75, 3.05) is 6.54 Å². The third-order valence-corrected chi connectivity index (χ3v) is 2.48. The molecule has 0 saturated heterocycles. The molecule has 0 spiro atoms. The fourth-order valence-electron chi connectivity index (χ4n) is 1.88. The van der Waals surface area contributed by atoms with Crippen LogP contribution in [0.2, 0.25) is 0 Å². The first-order chi connectivity index (χ1) is 6.77. The Labute approximate surface area is 93.5 Å². The second-order valence-electron chi connectivity index (χ2n) is 5.21. The second kappa shape index (κ2) is 6.11. The van der Waals surface area contributed by atoms with Crippen LogP contribution >= 0.6 is 0 Å². The molecule has 3 nitrogen and oxygen atoms in total. The molecule has 15 heavy (non-hydrogen) atoms. The minimum absolute atomic E-state index is 0.142. The Kier molecular flexibility index (Phi) is 5.88. The van der Waals surface area contributed by atoms with E-state index in [-0.39, 0.29) is 18.0 Å². The van der Waals surface area contributed by atoms with Gasteiger partial charge < -0.3 is 5.11 Å². The normalized spacial score (nSPS) is 14.3. The highest BCUT2D eigenvalue weighted by molar-refractivity contribution is 5.73. The van der Waals surface area contributed by atoms with Crippen molar-refractivity contribution in [3.05, 3.63) is 0 Å². The Morgan fingerprint density at radius 1 is 1.13 bits per heavy atom. The fraction of sp³-hybridized carbons (Fsp3) is 0.917. The van der Waals surface area contributed by atoms with Gasteiger partial charge in [0, 0.05) is 12.6 Å². The quantitative estimate of drug-likeness (QED) is 0.740. The summed E-state index contributed by atoms with van der Waals surface area (Å²) in [5.74, 6) is -0.0731. The predicted octanol–water partition coefficient (Wildman–Crippen LogP) is 2.46. The van der Waals surface area contributed by atoms with E-state index in [4.69, 9.17) is 0 Å². The van der Waals surface area contributed by atoms with Crippen LogP contribution in [0.5, 0.6) is 0 Å². The van der Waals surface area contributed by atoms with Gasteiger partial charge in [0.2, 0.25) is 0 Å².